The molecule has 0 aliphatic rings. The Morgan fingerprint density at radius 1 is 0.758 bits per heavy atom. The lowest BCUT2D eigenvalue weighted by atomic mass is 9.85. The second-order valence-corrected chi connectivity index (χ2v) is 11.2. The molecule has 0 aliphatic heterocycles. The zero-order chi connectivity index (χ0) is 24.0. The third kappa shape index (κ3) is 4.42. The third-order valence-corrected chi connectivity index (χ3v) is 6.55. The van der Waals surface area contributed by atoms with E-state index >= 15 is 0 Å². The van der Waals surface area contributed by atoms with Crippen molar-refractivity contribution in [1.29, 1.82) is 0 Å². The van der Waals surface area contributed by atoms with Crippen LogP contribution < -0.4 is 0 Å². The van der Waals surface area contributed by atoms with Gasteiger partial charge in [0.1, 0.15) is 0 Å². The van der Waals surface area contributed by atoms with Gasteiger partial charge >= 0.3 is 0 Å². The summed E-state index contributed by atoms with van der Waals surface area (Å²) in [6.45, 7) is 20.1. The monoisotopic (exact) mass is 435 g/mol. The summed E-state index contributed by atoms with van der Waals surface area (Å²) >= 11 is 0. The number of rotatable bonds is 4. The Balaban J connectivity index is 1.95. The Hall–Kier alpha value is -3.06. The maximum atomic E-state index is 4.23. The van der Waals surface area contributed by atoms with E-state index in [1.54, 1.807) is 0 Å². The van der Waals surface area contributed by atoms with Crippen molar-refractivity contribution in [3.8, 4) is 5.69 Å². The van der Waals surface area contributed by atoms with Gasteiger partial charge in [0.15, 0.2) is 0 Å². The molecular weight excluding hydrogens is 398 g/mol. The highest BCUT2D eigenvalue weighted by atomic mass is 15.0. The number of fused-ring (bicyclic) bond motifs is 3. The summed E-state index contributed by atoms with van der Waals surface area (Å²) in [6.07, 6.45) is 5.28. The Labute approximate surface area is 199 Å². The first-order valence-corrected chi connectivity index (χ1v) is 12.1. The predicted octanol–water partition coefficient (Wildman–Crippen LogP) is 9.36. The molecule has 0 bridgehead atoms. The third-order valence-electron chi connectivity index (χ3n) is 6.55. The zero-order valence-electron chi connectivity index (χ0n) is 21.3. The van der Waals surface area contributed by atoms with Gasteiger partial charge in [-0.05, 0) is 75.9 Å². The molecule has 0 amide bonds. The molecule has 1 nitrogen and oxygen atoms in total. The van der Waals surface area contributed by atoms with Crippen LogP contribution >= 0.6 is 0 Å². The summed E-state index contributed by atoms with van der Waals surface area (Å²) in [4.78, 5) is 0. The molecule has 1 heteroatoms. The normalized spacial score (nSPS) is 12.8. The van der Waals surface area contributed by atoms with E-state index in [4.69, 9.17) is 0 Å². The zero-order valence-corrected chi connectivity index (χ0v) is 21.3. The number of hydrogen-bond donors (Lipinski definition) is 0. The maximum Gasteiger partial charge on any atom is 0.0541 e. The van der Waals surface area contributed by atoms with Crippen molar-refractivity contribution in [3.63, 3.8) is 0 Å². The molecule has 0 N–H and O–H groups in total. The van der Waals surface area contributed by atoms with Gasteiger partial charge < -0.3 is 4.57 Å². The Kier molecular flexibility index (Phi) is 5.86. The van der Waals surface area contributed by atoms with Crippen LogP contribution in [0.2, 0.25) is 0 Å². The fraction of sp³-hybridized carbons (Fsp3) is 0.312. The smallest absolute Gasteiger partial charge is 0.0541 e. The fourth-order valence-electron chi connectivity index (χ4n) is 4.42. The molecule has 3 aromatic carbocycles. The molecule has 0 unspecified atom stereocenters. The molecule has 4 aromatic rings. The van der Waals surface area contributed by atoms with Crippen LogP contribution in [0.25, 0.3) is 33.1 Å². The number of hydrogen-bond acceptors (Lipinski definition) is 0. The van der Waals surface area contributed by atoms with Gasteiger partial charge in [0.2, 0.25) is 0 Å². The van der Waals surface area contributed by atoms with Crippen molar-refractivity contribution in [1.82, 2.24) is 4.57 Å². The largest absolute Gasteiger partial charge is 0.309 e. The lowest BCUT2D eigenvalue weighted by molar-refractivity contribution is 0.590. The number of allylic oxidation sites excluding steroid dienone is 3. The highest BCUT2D eigenvalue weighted by Crippen LogP contribution is 2.37. The Morgan fingerprint density at radius 2 is 1.24 bits per heavy atom. The summed E-state index contributed by atoms with van der Waals surface area (Å²) < 4.78 is 2.40. The molecule has 170 valence electrons. The Morgan fingerprint density at radius 3 is 1.67 bits per heavy atom. The van der Waals surface area contributed by atoms with Gasteiger partial charge in [0, 0.05) is 16.5 Å². The summed E-state index contributed by atoms with van der Waals surface area (Å²) in [5.74, 6) is 0. The molecule has 33 heavy (non-hydrogen) atoms. The standard InChI is InChI=1S/C32H37N/c1-9-10-11-22(2)23-12-16-26(17-13-23)33-29-18-14-24(31(3,4)5)20-27(29)28-21-25(32(6,7)8)15-19-30(28)33/h10-21H,2,9H2,1,3-8H3/b11-10-. The Bertz CT molecular complexity index is 1280. The van der Waals surface area contributed by atoms with Crippen molar-refractivity contribution in [2.75, 3.05) is 0 Å². The maximum absolute atomic E-state index is 4.23. The first kappa shape index (κ1) is 23.1. The van der Waals surface area contributed by atoms with Crippen molar-refractivity contribution in [2.24, 2.45) is 0 Å². The molecule has 0 saturated carbocycles. The SMILES string of the molecule is C=C(/C=C\CC)c1ccc(-n2c3ccc(C(C)(C)C)cc3c3cc(C(C)(C)C)ccc32)cc1. The topological polar surface area (TPSA) is 4.93 Å². The lowest BCUT2D eigenvalue weighted by Gasteiger charge is -2.19. The molecule has 4 rings (SSSR count). The van der Waals surface area contributed by atoms with Crippen molar-refractivity contribution < 1.29 is 0 Å². The molecule has 0 radical (unpaired) electrons. The highest BCUT2D eigenvalue weighted by molar-refractivity contribution is 6.09. The number of nitrogens with zero attached hydrogens (tertiary/aromatic N) is 1. The van der Waals surface area contributed by atoms with Gasteiger partial charge in [-0.2, -0.15) is 0 Å². The number of benzene rings is 3. The summed E-state index contributed by atoms with van der Waals surface area (Å²) in [5.41, 5.74) is 8.84. The van der Waals surface area contributed by atoms with Gasteiger partial charge in [-0.25, -0.2) is 0 Å². The van der Waals surface area contributed by atoms with Crippen LogP contribution in [0.5, 0.6) is 0 Å². The van der Waals surface area contributed by atoms with E-state index in [2.05, 4.69) is 132 Å². The first-order valence-electron chi connectivity index (χ1n) is 12.1. The minimum atomic E-state index is 0.109. The molecule has 1 aromatic heterocycles. The molecule has 0 atom stereocenters. The lowest BCUT2D eigenvalue weighted by Crippen LogP contribution is -2.10. The van der Waals surface area contributed by atoms with E-state index < -0.39 is 0 Å². The van der Waals surface area contributed by atoms with Crippen LogP contribution in [0.4, 0.5) is 0 Å². The van der Waals surface area contributed by atoms with Crippen LogP contribution in [0.3, 0.4) is 0 Å². The van der Waals surface area contributed by atoms with Crippen LogP contribution in [0.1, 0.15) is 71.6 Å². The van der Waals surface area contributed by atoms with E-state index in [0.717, 1.165) is 17.6 Å². The van der Waals surface area contributed by atoms with Gasteiger partial charge in [-0.1, -0.05) is 91.5 Å². The molecule has 0 spiro atoms. The molecule has 0 aliphatic carbocycles. The molecule has 0 fully saturated rings. The van der Waals surface area contributed by atoms with Crippen molar-refractivity contribution in [3.05, 3.63) is 96.1 Å². The summed E-state index contributed by atoms with van der Waals surface area (Å²) in [5, 5.41) is 2.64. The molecular formula is C32H37N. The van der Waals surface area contributed by atoms with Crippen LogP contribution in [0, 0.1) is 0 Å². The van der Waals surface area contributed by atoms with Crippen molar-refractivity contribution in [2.45, 2.75) is 65.7 Å². The second kappa shape index (κ2) is 8.37. The first-order chi connectivity index (χ1) is 15.5. The van der Waals surface area contributed by atoms with Gasteiger partial charge in [0.25, 0.3) is 0 Å². The predicted molar refractivity (Wildman–Crippen MR) is 147 cm³/mol. The molecule has 0 saturated heterocycles. The average molecular weight is 436 g/mol. The minimum Gasteiger partial charge on any atom is -0.309 e. The van der Waals surface area contributed by atoms with E-state index in [1.165, 1.54) is 38.6 Å². The van der Waals surface area contributed by atoms with Gasteiger partial charge in [-0.15, -0.1) is 0 Å². The van der Waals surface area contributed by atoms with Crippen molar-refractivity contribution >= 4 is 27.4 Å². The number of aromatic nitrogens is 1. The molecule has 1 heterocycles. The average Bonchev–Trinajstić information content (AvgIpc) is 3.09. The van der Waals surface area contributed by atoms with E-state index in [9.17, 15) is 0 Å². The minimum absolute atomic E-state index is 0.109. The summed E-state index contributed by atoms with van der Waals surface area (Å²) in [7, 11) is 0. The van der Waals surface area contributed by atoms with Crippen LogP contribution in [-0.4, -0.2) is 4.57 Å². The van der Waals surface area contributed by atoms with E-state index in [1.807, 2.05) is 0 Å². The highest BCUT2D eigenvalue weighted by Gasteiger charge is 2.20. The van der Waals surface area contributed by atoms with E-state index in [-0.39, 0.29) is 10.8 Å². The fourth-order valence-corrected chi connectivity index (χ4v) is 4.42. The van der Waals surface area contributed by atoms with Gasteiger partial charge in [-0.3, -0.25) is 0 Å². The second-order valence-electron chi connectivity index (χ2n) is 11.2. The quantitative estimate of drug-likeness (QED) is 0.281. The van der Waals surface area contributed by atoms with Gasteiger partial charge in [0.05, 0.1) is 11.0 Å². The summed E-state index contributed by atoms with van der Waals surface area (Å²) in [6, 6.07) is 22.8. The van der Waals surface area contributed by atoms with Crippen LogP contribution in [-0.2, 0) is 10.8 Å². The van der Waals surface area contributed by atoms with E-state index in [0.29, 0.717) is 0 Å². The van der Waals surface area contributed by atoms with Crippen LogP contribution in [0.15, 0.2) is 79.4 Å².